The molecule has 4 rings (SSSR count). The van der Waals surface area contributed by atoms with E-state index in [9.17, 15) is 28.8 Å². The molecule has 0 saturated carbocycles. The van der Waals surface area contributed by atoms with E-state index in [-0.39, 0.29) is 22.2 Å². The maximum Gasteiger partial charge on any atom is 0.412 e. The third-order valence-corrected chi connectivity index (χ3v) is 8.21. The molecule has 6 amide bonds. The minimum atomic E-state index is -0.646. The summed E-state index contributed by atoms with van der Waals surface area (Å²) in [5.41, 5.74) is 10.5. The Balaban J connectivity index is 0.000000343. The van der Waals surface area contributed by atoms with Crippen LogP contribution in [0, 0.1) is 0 Å². The minimum Gasteiger partial charge on any atom is -0.444 e. The van der Waals surface area contributed by atoms with E-state index in [2.05, 4.69) is 83.3 Å². The zero-order valence-electron chi connectivity index (χ0n) is 35.6. The molecule has 0 aromatic heterocycles. The summed E-state index contributed by atoms with van der Waals surface area (Å²) >= 11 is 0. The highest BCUT2D eigenvalue weighted by Crippen LogP contribution is 2.24. The standard InChI is InChI=1S/C23H29N3O4.C12H13NO2.C11H15NO/c1-22(2,3)16-9-7-15(8-10-16)19(27)26-20(28)24-17-11-13-18(14-12-17)25-21(29)30-23(4,5)6;1-12(2,3)10-6-4-9(5-7-10)11(15)13-8-14;1-11(2,3)9-6-4-8(5-7-9)10(12)13/h7-14H,1-6H3,(H,25,29)(H2,24,26,27,28);4-7H,1-3H3;4-7H,1-3H3,(H2,12,13). The summed E-state index contributed by atoms with van der Waals surface area (Å²) in [5.74, 6) is -1.41. The van der Waals surface area contributed by atoms with E-state index in [1.54, 1.807) is 81.4 Å². The second-order valence-corrected chi connectivity index (χ2v) is 17.5. The van der Waals surface area contributed by atoms with Crippen molar-refractivity contribution in [2.45, 2.75) is 105 Å². The molecule has 0 atom stereocenters. The van der Waals surface area contributed by atoms with Crippen molar-refractivity contribution in [1.29, 1.82) is 0 Å². The lowest BCUT2D eigenvalue weighted by atomic mass is 9.87. The van der Waals surface area contributed by atoms with Crippen molar-refractivity contribution in [1.82, 2.24) is 5.32 Å². The highest BCUT2D eigenvalue weighted by atomic mass is 16.6. The smallest absolute Gasteiger partial charge is 0.412 e. The van der Waals surface area contributed by atoms with E-state index < -0.39 is 29.5 Å². The van der Waals surface area contributed by atoms with Crippen LogP contribution in [-0.2, 0) is 25.8 Å². The van der Waals surface area contributed by atoms with Gasteiger partial charge in [-0.2, -0.15) is 0 Å². The summed E-state index contributed by atoms with van der Waals surface area (Å²) in [6.07, 6.45) is 0.671. The van der Waals surface area contributed by atoms with Crippen LogP contribution in [0.2, 0.25) is 0 Å². The van der Waals surface area contributed by atoms with Crippen LogP contribution in [0.4, 0.5) is 21.0 Å². The van der Waals surface area contributed by atoms with Crippen LogP contribution in [0.1, 0.15) is 131 Å². The van der Waals surface area contributed by atoms with Gasteiger partial charge in [-0.15, -0.1) is 4.99 Å². The van der Waals surface area contributed by atoms with Crippen LogP contribution in [0.15, 0.2) is 102 Å². The first-order valence-corrected chi connectivity index (χ1v) is 18.7. The predicted octanol–water partition coefficient (Wildman–Crippen LogP) is 9.84. The van der Waals surface area contributed by atoms with Gasteiger partial charge >= 0.3 is 12.1 Å². The molecule has 12 heteroatoms. The first-order chi connectivity index (χ1) is 26.7. The van der Waals surface area contributed by atoms with Gasteiger partial charge in [-0.25, -0.2) is 14.4 Å². The molecule has 12 nitrogen and oxygen atoms in total. The summed E-state index contributed by atoms with van der Waals surface area (Å²) in [6.45, 7) is 24.3. The van der Waals surface area contributed by atoms with E-state index in [0.29, 0.717) is 28.1 Å². The van der Waals surface area contributed by atoms with Gasteiger partial charge in [0.25, 0.3) is 11.8 Å². The number of benzene rings is 4. The minimum absolute atomic E-state index is 0.0170. The zero-order chi connectivity index (χ0) is 44.1. The van der Waals surface area contributed by atoms with Crippen LogP contribution in [0.5, 0.6) is 0 Å². The Morgan fingerprint density at radius 3 is 1.24 bits per heavy atom. The maximum atomic E-state index is 12.3. The van der Waals surface area contributed by atoms with Crippen molar-refractivity contribution >= 4 is 47.3 Å². The molecular formula is C46H57N5O7. The quantitative estimate of drug-likeness (QED) is 0.114. The van der Waals surface area contributed by atoms with Gasteiger partial charge in [0.05, 0.1) is 0 Å². The fraction of sp³-hybridized carbons (Fsp3) is 0.348. The molecule has 0 aliphatic rings. The molecule has 0 saturated heterocycles. The molecule has 0 fully saturated rings. The third kappa shape index (κ3) is 16.8. The van der Waals surface area contributed by atoms with Crippen LogP contribution < -0.4 is 21.7 Å². The fourth-order valence-corrected chi connectivity index (χ4v) is 4.87. The van der Waals surface area contributed by atoms with Gasteiger partial charge in [-0.05, 0) is 114 Å². The number of carbonyl (C=O) groups excluding carboxylic acids is 6. The molecule has 4 aromatic rings. The summed E-state index contributed by atoms with van der Waals surface area (Å²) in [7, 11) is 0. The van der Waals surface area contributed by atoms with E-state index in [4.69, 9.17) is 10.5 Å². The summed E-state index contributed by atoms with van der Waals surface area (Å²) in [5, 5.41) is 7.48. The molecule has 0 spiro atoms. The Kier molecular flexibility index (Phi) is 16.6. The average molecular weight is 792 g/mol. The number of rotatable bonds is 5. The van der Waals surface area contributed by atoms with Crippen LogP contribution in [0.3, 0.4) is 0 Å². The topological polar surface area (TPSA) is 186 Å². The van der Waals surface area contributed by atoms with Gasteiger partial charge in [0.15, 0.2) is 0 Å². The zero-order valence-corrected chi connectivity index (χ0v) is 35.6. The van der Waals surface area contributed by atoms with Crippen LogP contribution >= 0.6 is 0 Å². The summed E-state index contributed by atoms with van der Waals surface area (Å²) < 4.78 is 5.18. The molecule has 58 heavy (non-hydrogen) atoms. The van der Waals surface area contributed by atoms with E-state index in [1.165, 1.54) is 11.6 Å². The number of urea groups is 1. The number of hydrogen-bond acceptors (Lipinski definition) is 7. The molecular weight excluding hydrogens is 735 g/mol. The molecule has 308 valence electrons. The lowest BCUT2D eigenvalue weighted by Crippen LogP contribution is -2.34. The number of imide groups is 1. The van der Waals surface area contributed by atoms with Crippen molar-refractivity contribution in [2.75, 3.05) is 10.6 Å². The van der Waals surface area contributed by atoms with Crippen molar-refractivity contribution < 1.29 is 33.5 Å². The second kappa shape index (κ2) is 20.2. The average Bonchev–Trinajstić information content (AvgIpc) is 3.11. The number of nitrogens with one attached hydrogen (secondary N) is 3. The SMILES string of the molecule is CC(C)(C)OC(=O)Nc1ccc(NC(=O)NC(=O)c2ccc(C(C)(C)C)cc2)cc1.CC(C)(C)c1ccc(C(=O)N=C=O)cc1.CC(C)(C)c1ccc(C(N)=O)cc1. The molecule has 0 unspecified atom stereocenters. The number of nitrogens with two attached hydrogens (primary N) is 1. The first kappa shape index (κ1) is 47.8. The number of anilines is 2. The lowest BCUT2D eigenvalue weighted by molar-refractivity contribution is 0.0635. The maximum absolute atomic E-state index is 12.3. The van der Waals surface area contributed by atoms with Gasteiger partial charge in [-0.3, -0.25) is 25.0 Å². The monoisotopic (exact) mass is 791 g/mol. The van der Waals surface area contributed by atoms with Gasteiger partial charge < -0.3 is 15.8 Å². The fourth-order valence-electron chi connectivity index (χ4n) is 4.87. The Morgan fingerprint density at radius 1 is 0.534 bits per heavy atom. The van der Waals surface area contributed by atoms with Gasteiger partial charge in [0.1, 0.15) is 5.60 Å². The highest BCUT2D eigenvalue weighted by Gasteiger charge is 2.18. The molecule has 4 aromatic carbocycles. The largest absolute Gasteiger partial charge is 0.444 e. The first-order valence-electron chi connectivity index (χ1n) is 18.7. The third-order valence-electron chi connectivity index (χ3n) is 8.21. The molecule has 5 N–H and O–H groups in total. The van der Waals surface area contributed by atoms with Crippen molar-refractivity contribution in [3.63, 3.8) is 0 Å². The second-order valence-electron chi connectivity index (χ2n) is 17.5. The number of primary amides is 1. The summed E-state index contributed by atoms with van der Waals surface area (Å²) in [6, 6.07) is 27.4. The number of isocyanates is 1. The normalized spacial score (nSPS) is 11.2. The molecule has 0 bridgehead atoms. The van der Waals surface area contributed by atoms with Crippen molar-refractivity contribution in [3.8, 4) is 0 Å². The van der Waals surface area contributed by atoms with E-state index in [0.717, 1.165) is 11.1 Å². The Hall–Kier alpha value is -6.39. The Labute approximate surface area is 342 Å². The number of nitrogens with zero attached hydrogens (tertiary/aromatic N) is 1. The van der Waals surface area contributed by atoms with Crippen molar-refractivity contribution in [3.05, 3.63) is 130 Å². The van der Waals surface area contributed by atoms with Gasteiger partial charge in [0, 0.05) is 28.1 Å². The number of carbonyl (C=O) groups is 5. The van der Waals surface area contributed by atoms with E-state index in [1.807, 2.05) is 36.4 Å². The summed E-state index contributed by atoms with van der Waals surface area (Å²) in [4.78, 5) is 71.0. The molecule has 0 aliphatic heterocycles. The number of hydrogen-bond donors (Lipinski definition) is 4. The number of aliphatic imine (C=N–C) groups is 1. The van der Waals surface area contributed by atoms with Gasteiger partial charge in [-0.1, -0.05) is 98.7 Å². The Bertz CT molecular complexity index is 2070. The molecule has 0 heterocycles. The van der Waals surface area contributed by atoms with Gasteiger partial charge in [0.2, 0.25) is 12.0 Å². The highest BCUT2D eigenvalue weighted by molar-refractivity contribution is 6.08. The van der Waals surface area contributed by atoms with Crippen molar-refractivity contribution in [2.24, 2.45) is 10.7 Å². The molecule has 0 radical (unpaired) electrons. The van der Waals surface area contributed by atoms with Crippen LogP contribution in [-0.4, -0.2) is 41.5 Å². The molecule has 0 aliphatic carbocycles. The lowest BCUT2D eigenvalue weighted by Gasteiger charge is -2.19. The van der Waals surface area contributed by atoms with Crippen LogP contribution in [0.25, 0.3) is 0 Å². The number of amides is 6. The van der Waals surface area contributed by atoms with E-state index >= 15 is 0 Å². The predicted molar refractivity (Wildman–Crippen MR) is 229 cm³/mol. The Morgan fingerprint density at radius 2 is 0.897 bits per heavy atom. The number of ether oxygens (including phenoxy) is 1.